The van der Waals surface area contributed by atoms with Gasteiger partial charge in [-0.1, -0.05) is 23.7 Å². The molecule has 0 radical (unpaired) electrons. The molecule has 0 unspecified atom stereocenters. The number of benzene rings is 2. The number of aryl methyl sites for hydroxylation is 1. The number of hydrogen-bond donors (Lipinski definition) is 3. The molecule has 3 N–H and O–H groups in total. The molecule has 0 aliphatic heterocycles. The highest BCUT2D eigenvalue weighted by Gasteiger charge is 2.13. The zero-order valence-electron chi connectivity index (χ0n) is 12.8. The van der Waals surface area contributed by atoms with Crippen molar-refractivity contribution in [2.75, 3.05) is 10.6 Å². The first-order valence-electron chi connectivity index (χ1n) is 6.99. The summed E-state index contributed by atoms with van der Waals surface area (Å²) in [4.78, 5) is 23.6. The van der Waals surface area contributed by atoms with E-state index >= 15 is 0 Å². The molecule has 5 nitrogen and oxygen atoms in total. The number of halogens is 1. The van der Waals surface area contributed by atoms with Crippen LogP contribution in [-0.4, -0.2) is 16.9 Å². The number of aliphatic hydroxyl groups is 1. The fraction of sp³-hybridized carbons (Fsp3) is 0.176. The summed E-state index contributed by atoms with van der Waals surface area (Å²) in [6.45, 7) is 3.13. The van der Waals surface area contributed by atoms with Crippen molar-refractivity contribution in [2.24, 2.45) is 0 Å². The highest BCUT2D eigenvalue weighted by atomic mass is 35.5. The number of anilines is 2. The van der Waals surface area contributed by atoms with E-state index in [0.29, 0.717) is 16.9 Å². The summed E-state index contributed by atoms with van der Waals surface area (Å²) in [5.41, 5.74) is 2.91. The number of rotatable bonds is 4. The van der Waals surface area contributed by atoms with Crippen LogP contribution in [-0.2, 0) is 11.4 Å². The topological polar surface area (TPSA) is 78.4 Å². The number of carbonyl (C=O) groups is 2. The molecule has 6 heteroatoms. The molecule has 23 heavy (non-hydrogen) atoms. The van der Waals surface area contributed by atoms with E-state index in [1.165, 1.54) is 13.0 Å². The van der Waals surface area contributed by atoms with Crippen LogP contribution >= 0.6 is 11.6 Å². The van der Waals surface area contributed by atoms with Gasteiger partial charge in [-0.25, -0.2) is 0 Å². The molecule has 0 saturated carbocycles. The molecular weight excluding hydrogens is 316 g/mol. The van der Waals surface area contributed by atoms with Crippen LogP contribution in [0.1, 0.15) is 28.4 Å². The average Bonchev–Trinajstić information content (AvgIpc) is 2.50. The first-order chi connectivity index (χ1) is 10.9. The fourth-order valence-electron chi connectivity index (χ4n) is 2.07. The predicted octanol–water partition coefficient (Wildman–Crippen LogP) is 3.35. The predicted molar refractivity (Wildman–Crippen MR) is 90.8 cm³/mol. The minimum atomic E-state index is -0.389. The van der Waals surface area contributed by atoms with Crippen LogP contribution in [0.5, 0.6) is 0 Å². The van der Waals surface area contributed by atoms with Crippen molar-refractivity contribution >= 4 is 34.8 Å². The van der Waals surface area contributed by atoms with Gasteiger partial charge in [0, 0.05) is 18.3 Å². The fourth-order valence-corrected chi connectivity index (χ4v) is 2.28. The Bertz CT molecular complexity index is 759. The van der Waals surface area contributed by atoms with Gasteiger partial charge in [0.2, 0.25) is 5.91 Å². The van der Waals surface area contributed by atoms with Crippen LogP contribution in [0.4, 0.5) is 11.4 Å². The van der Waals surface area contributed by atoms with Gasteiger partial charge in [-0.05, 0) is 42.3 Å². The summed E-state index contributed by atoms with van der Waals surface area (Å²) in [6.07, 6.45) is 0. The van der Waals surface area contributed by atoms with E-state index < -0.39 is 0 Å². The summed E-state index contributed by atoms with van der Waals surface area (Å²) in [7, 11) is 0. The maximum absolute atomic E-state index is 12.5. The largest absolute Gasteiger partial charge is 0.392 e. The van der Waals surface area contributed by atoms with Crippen LogP contribution < -0.4 is 10.6 Å². The number of nitrogens with one attached hydrogen (secondary N) is 2. The first-order valence-corrected chi connectivity index (χ1v) is 7.37. The average molecular weight is 333 g/mol. The highest BCUT2D eigenvalue weighted by Crippen LogP contribution is 2.23. The second kappa shape index (κ2) is 7.26. The second-order valence-corrected chi connectivity index (χ2v) is 5.54. The van der Waals surface area contributed by atoms with Crippen molar-refractivity contribution in [1.29, 1.82) is 0 Å². The number of carbonyl (C=O) groups excluding carboxylic acids is 2. The SMILES string of the molecule is CC(=O)Nc1ccc(Cl)c(C(=O)Nc2cc(CO)ccc2C)c1. The van der Waals surface area contributed by atoms with Gasteiger partial charge in [-0.15, -0.1) is 0 Å². The van der Waals surface area contributed by atoms with E-state index in [-0.39, 0.29) is 29.0 Å². The van der Waals surface area contributed by atoms with Gasteiger partial charge < -0.3 is 15.7 Å². The van der Waals surface area contributed by atoms with Gasteiger partial charge in [-0.2, -0.15) is 0 Å². The minimum Gasteiger partial charge on any atom is -0.392 e. The normalized spacial score (nSPS) is 10.3. The van der Waals surface area contributed by atoms with Crippen molar-refractivity contribution < 1.29 is 14.7 Å². The Morgan fingerprint density at radius 1 is 1.13 bits per heavy atom. The second-order valence-electron chi connectivity index (χ2n) is 5.14. The molecule has 2 rings (SSSR count). The van der Waals surface area contributed by atoms with Gasteiger partial charge in [0.1, 0.15) is 0 Å². The summed E-state index contributed by atoms with van der Waals surface area (Å²) in [5, 5.41) is 14.9. The van der Waals surface area contributed by atoms with Crippen LogP contribution in [0, 0.1) is 6.92 Å². The zero-order valence-corrected chi connectivity index (χ0v) is 13.6. The third-order valence-corrected chi connectivity index (χ3v) is 3.59. The minimum absolute atomic E-state index is 0.109. The molecule has 0 spiro atoms. The molecule has 2 aromatic rings. The summed E-state index contributed by atoms with van der Waals surface area (Å²) in [6, 6.07) is 10.0. The lowest BCUT2D eigenvalue weighted by atomic mass is 10.1. The Balaban J connectivity index is 2.28. The lowest BCUT2D eigenvalue weighted by Crippen LogP contribution is -2.14. The molecule has 0 saturated heterocycles. The third kappa shape index (κ3) is 4.31. The van der Waals surface area contributed by atoms with Gasteiger partial charge in [0.05, 0.1) is 17.2 Å². The smallest absolute Gasteiger partial charge is 0.257 e. The van der Waals surface area contributed by atoms with E-state index in [2.05, 4.69) is 10.6 Å². The molecule has 2 aromatic carbocycles. The molecule has 0 bridgehead atoms. The van der Waals surface area contributed by atoms with Crippen LogP contribution in [0.3, 0.4) is 0 Å². The molecular formula is C17H17ClN2O3. The van der Waals surface area contributed by atoms with Gasteiger partial charge in [0.25, 0.3) is 5.91 Å². The standard InChI is InChI=1S/C17H17ClN2O3/c1-10-3-4-12(9-21)7-16(10)20-17(23)14-8-13(19-11(2)22)5-6-15(14)18/h3-8,21H,9H2,1-2H3,(H,19,22)(H,20,23). The van der Waals surface area contributed by atoms with E-state index in [1.807, 2.05) is 13.0 Å². The Morgan fingerprint density at radius 3 is 2.52 bits per heavy atom. The molecule has 0 aliphatic carbocycles. The van der Waals surface area contributed by atoms with Crippen molar-refractivity contribution in [1.82, 2.24) is 0 Å². The highest BCUT2D eigenvalue weighted by molar-refractivity contribution is 6.34. The van der Waals surface area contributed by atoms with Crippen LogP contribution in [0.25, 0.3) is 0 Å². The van der Waals surface area contributed by atoms with Crippen LogP contribution in [0.15, 0.2) is 36.4 Å². The molecule has 0 fully saturated rings. The Kier molecular flexibility index (Phi) is 5.36. The third-order valence-electron chi connectivity index (χ3n) is 3.26. The summed E-state index contributed by atoms with van der Waals surface area (Å²) >= 11 is 6.08. The Hall–Kier alpha value is -2.37. The zero-order chi connectivity index (χ0) is 17.0. The maximum Gasteiger partial charge on any atom is 0.257 e. The number of hydrogen-bond acceptors (Lipinski definition) is 3. The van der Waals surface area contributed by atoms with Gasteiger partial charge >= 0.3 is 0 Å². The van der Waals surface area contributed by atoms with Crippen molar-refractivity contribution in [3.63, 3.8) is 0 Å². The molecule has 0 aromatic heterocycles. The van der Waals surface area contributed by atoms with Crippen LogP contribution in [0.2, 0.25) is 5.02 Å². The lowest BCUT2D eigenvalue weighted by Gasteiger charge is -2.12. The van der Waals surface area contributed by atoms with Crippen molar-refractivity contribution in [3.05, 3.63) is 58.1 Å². The van der Waals surface area contributed by atoms with Gasteiger partial charge in [0.15, 0.2) is 0 Å². The quantitative estimate of drug-likeness (QED) is 0.803. The molecule has 2 amide bonds. The van der Waals surface area contributed by atoms with Crippen molar-refractivity contribution in [3.8, 4) is 0 Å². The monoisotopic (exact) mass is 332 g/mol. The maximum atomic E-state index is 12.5. The van der Waals surface area contributed by atoms with Crippen molar-refractivity contribution in [2.45, 2.75) is 20.5 Å². The number of aliphatic hydroxyl groups excluding tert-OH is 1. The molecule has 0 aliphatic rings. The number of amides is 2. The van der Waals surface area contributed by atoms with E-state index in [0.717, 1.165) is 5.56 Å². The van der Waals surface area contributed by atoms with E-state index in [9.17, 15) is 14.7 Å². The van der Waals surface area contributed by atoms with E-state index in [1.54, 1.807) is 24.3 Å². The molecule has 0 heterocycles. The first kappa shape index (κ1) is 17.0. The molecule has 0 atom stereocenters. The lowest BCUT2D eigenvalue weighted by molar-refractivity contribution is -0.114. The Labute approximate surface area is 139 Å². The summed E-state index contributed by atoms with van der Waals surface area (Å²) < 4.78 is 0. The molecule has 120 valence electrons. The summed E-state index contributed by atoms with van der Waals surface area (Å²) in [5.74, 6) is -0.620. The Morgan fingerprint density at radius 2 is 1.87 bits per heavy atom. The van der Waals surface area contributed by atoms with E-state index in [4.69, 9.17) is 11.6 Å². The van der Waals surface area contributed by atoms with Gasteiger partial charge in [-0.3, -0.25) is 9.59 Å².